The summed E-state index contributed by atoms with van der Waals surface area (Å²) in [5.74, 6) is -1.08. The fraction of sp³-hybridized carbons (Fsp3) is 0.556. The van der Waals surface area contributed by atoms with E-state index in [1.807, 2.05) is 30.3 Å². The lowest BCUT2D eigenvalue weighted by atomic mass is 9.97. The molecule has 1 aromatic carbocycles. The average Bonchev–Trinajstić information content (AvgIpc) is 2.49. The minimum atomic E-state index is -0.602. The number of hydrogen-bond acceptors (Lipinski definition) is 3. The van der Waals surface area contributed by atoms with Crippen LogP contribution in [0.5, 0.6) is 0 Å². The summed E-state index contributed by atoms with van der Waals surface area (Å²) >= 11 is 0. The maximum absolute atomic E-state index is 12.0. The lowest BCUT2D eigenvalue weighted by molar-refractivity contribution is -0.153. The SMILES string of the molecule is CCCCCCCC(C(C)=O)C(=O)OCc1ccccc1. The van der Waals surface area contributed by atoms with Gasteiger partial charge in [-0.1, -0.05) is 69.4 Å². The first-order chi connectivity index (χ1) is 10.1. The van der Waals surface area contributed by atoms with Gasteiger partial charge in [0.05, 0.1) is 0 Å². The molecule has 0 heterocycles. The molecule has 3 heteroatoms. The molecular formula is C18H26O3. The monoisotopic (exact) mass is 290 g/mol. The first-order valence-corrected chi connectivity index (χ1v) is 7.86. The molecule has 0 N–H and O–H groups in total. The quantitative estimate of drug-likeness (QED) is 0.366. The summed E-state index contributed by atoms with van der Waals surface area (Å²) in [6.45, 7) is 3.87. The van der Waals surface area contributed by atoms with E-state index in [4.69, 9.17) is 4.74 Å². The molecule has 0 saturated carbocycles. The minimum Gasteiger partial charge on any atom is -0.460 e. The van der Waals surface area contributed by atoms with Gasteiger partial charge < -0.3 is 4.74 Å². The molecule has 1 rings (SSSR count). The van der Waals surface area contributed by atoms with Crippen molar-refractivity contribution in [3.8, 4) is 0 Å². The second-order valence-corrected chi connectivity index (χ2v) is 5.46. The van der Waals surface area contributed by atoms with Gasteiger partial charge in [-0.15, -0.1) is 0 Å². The number of rotatable bonds is 10. The van der Waals surface area contributed by atoms with Crippen molar-refractivity contribution in [2.75, 3.05) is 0 Å². The van der Waals surface area contributed by atoms with Gasteiger partial charge in [0, 0.05) is 0 Å². The predicted octanol–water partition coefficient (Wildman–Crippen LogP) is 4.30. The smallest absolute Gasteiger partial charge is 0.316 e. The first-order valence-electron chi connectivity index (χ1n) is 7.86. The van der Waals surface area contributed by atoms with Crippen molar-refractivity contribution < 1.29 is 14.3 Å². The molecule has 0 aliphatic heterocycles. The molecule has 3 nitrogen and oxygen atoms in total. The number of benzene rings is 1. The van der Waals surface area contributed by atoms with Gasteiger partial charge in [-0.3, -0.25) is 9.59 Å². The molecule has 0 aliphatic rings. The fourth-order valence-electron chi connectivity index (χ4n) is 2.27. The van der Waals surface area contributed by atoms with Crippen LogP contribution in [-0.2, 0) is 20.9 Å². The Kier molecular flexibility index (Phi) is 8.41. The van der Waals surface area contributed by atoms with E-state index in [1.165, 1.54) is 26.2 Å². The summed E-state index contributed by atoms with van der Waals surface area (Å²) < 4.78 is 5.27. The molecule has 0 radical (unpaired) electrons. The van der Waals surface area contributed by atoms with Crippen molar-refractivity contribution in [3.05, 3.63) is 35.9 Å². The average molecular weight is 290 g/mol. The van der Waals surface area contributed by atoms with Crippen molar-refractivity contribution in [1.82, 2.24) is 0 Å². The molecule has 116 valence electrons. The summed E-state index contributed by atoms with van der Waals surface area (Å²) in [4.78, 5) is 23.7. The molecule has 0 aliphatic carbocycles. The Bertz CT molecular complexity index is 425. The molecular weight excluding hydrogens is 264 g/mol. The Balaban J connectivity index is 2.37. The Hall–Kier alpha value is -1.64. The zero-order chi connectivity index (χ0) is 15.5. The Morgan fingerprint density at radius 2 is 1.71 bits per heavy atom. The van der Waals surface area contributed by atoms with Crippen molar-refractivity contribution in [3.63, 3.8) is 0 Å². The zero-order valence-electron chi connectivity index (χ0n) is 13.1. The molecule has 0 aromatic heterocycles. The number of Topliss-reactive ketones (excluding diaryl/α,β-unsaturated/α-hetero) is 1. The number of esters is 1. The van der Waals surface area contributed by atoms with Gasteiger partial charge in [0.2, 0.25) is 0 Å². The lowest BCUT2D eigenvalue weighted by Crippen LogP contribution is -2.24. The molecule has 21 heavy (non-hydrogen) atoms. The van der Waals surface area contributed by atoms with Crippen LogP contribution < -0.4 is 0 Å². The lowest BCUT2D eigenvalue weighted by Gasteiger charge is -2.13. The fourth-order valence-corrected chi connectivity index (χ4v) is 2.27. The summed E-state index contributed by atoms with van der Waals surface area (Å²) in [6, 6.07) is 9.53. The second kappa shape index (κ2) is 10.1. The molecule has 0 amide bonds. The standard InChI is InChI=1S/C18H26O3/c1-3-4-5-6-10-13-17(15(2)19)18(20)21-14-16-11-8-7-9-12-16/h7-9,11-12,17H,3-6,10,13-14H2,1-2H3. The number of hydrogen-bond donors (Lipinski definition) is 0. The third kappa shape index (κ3) is 7.07. The second-order valence-electron chi connectivity index (χ2n) is 5.46. The summed E-state index contributed by atoms with van der Waals surface area (Å²) in [7, 11) is 0. The maximum atomic E-state index is 12.0. The number of carbonyl (C=O) groups excluding carboxylic acids is 2. The highest BCUT2D eigenvalue weighted by Crippen LogP contribution is 2.15. The Morgan fingerprint density at radius 3 is 2.33 bits per heavy atom. The van der Waals surface area contributed by atoms with Crippen LogP contribution in [0.25, 0.3) is 0 Å². The molecule has 1 aromatic rings. The highest BCUT2D eigenvalue weighted by atomic mass is 16.5. The van der Waals surface area contributed by atoms with Crippen molar-refractivity contribution in [1.29, 1.82) is 0 Å². The number of carbonyl (C=O) groups is 2. The van der Waals surface area contributed by atoms with Crippen LogP contribution >= 0.6 is 0 Å². The first kappa shape index (κ1) is 17.4. The van der Waals surface area contributed by atoms with Crippen LogP contribution in [0.1, 0.15) is 57.9 Å². The van der Waals surface area contributed by atoms with Crippen molar-refractivity contribution >= 4 is 11.8 Å². The van der Waals surface area contributed by atoms with E-state index in [1.54, 1.807) is 0 Å². The Labute approximate surface area is 127 Å². The third-order valence-electron chi connectivity index (χ3n) is 3.60. The van der Waals surface area contributed by atoms with Crippen LogP contribution in [0, 0.1) is 5.92 Å². The van der Waals surface area contributed by atoms with E-state index in [0.717, 1.165) is 18.4 Å². The molecule has 0 fully saturated rings. The van der Waals surface area contributed by atoms with E-state index in [-0.39, 0.29) is 18.4 Å². The summed E-state index contributed by atoms with van der Waals surface area (Å²) in [5, 5.41) is 0. The van der Waals surface area contributed by atoms with Crippen LogP contribution in [0.4, 0.5) is 0 Å². The van der Waals surface area contributed by atoms with Crippen LogP contribution in [0.3, 0.4) is 0 Å². The summed E-state index contributed by atoms with van der Waals surface area (Å²) in [5.41, 5.74) is 0.941. The summed E-state index contributed by atoms with van der Waals surface area (Å²) in [6.07, 6.45) is 6.15. The van der Waals surface area contributed by atoms with E-state index >= 15 is 0 Å². The number of ketones is 1. The molecule has 0 bridgehead atoms. The van der Waals surface area contributed by atoms with Gasteiger partial charge in [0.15, 0.2) is 0 Å². The van der Waals surface area contributed by atoms with Gasteiger partial charge in [-0.25, -0.2) is 0 Å². The van der Waals surface area contributed by atoms with Crippen LogP contribution in [-0.4, -0.2) is 11.8 Å². The van der Waals surface area contributed by atoms with E-state index in [2.05, 4.69) is 6.92 Å². The minimum absolute atomic E-state index is 0.0939. The van der Waals surface area contributed by atoms with Crippen molar-refractivity contribution in [2.45, 2.75) is 59.0 Å². The normalized spacial score (nSPS) is 11.9. The zero-order valence-corrected chi connectivity index (χ0v) is 13.1. The highest BCUT2D eigenvalue weighted by molar-refractivity contribution is 5.97. The molecule has 1 atom stereocenters. The van der Waals surface area contributed by atoms with Crippen LogP contribution in [0.15, 0.2) is 30.3 Å². The van der Waals surface area contributed by atoms with Gasteiger partial charge in [0.25, 0.3) is 0 Å². The van der Waals surface area contributed by atoms with E-state index in [0.29, 0.717) is 6.42 Å². The molecule has 0 spiro atoms. The van der Waals surface area contributed by atoms with Crippen molar-refractivity contribution in [2.24, 2.45) is 5.92 Å². The predicted molar refractivity (Wildman–Crippen MR) is 83.8 cm³/mol. The van der Waals surface area contributed by atoms with Gasteiger partial charge >= 0.3 is 5.97 Å². The molecule has 1 unspecified atom stereocenters. The van der Waals surface area contributed by atoms with E-state index < -0.39 is 5.92 Å². The topological polar surface area (TPSA) is 43.4 Å². The van der Waals surface area contributed by atoms with Gasteiger partial charge in [-0.2, -0.15) is 0 Å². The van der Waals surface area contributed by atoms with Gasteiger partial charge in [0.1, 0.15) is 18.3 Å². The van der Waals surface area contributed by atoms with Crippen LogP contribution in [0.2, 0.25) is 0 Å². The molecule has 0 saturated heterocycles. The Morgan fingerprint density at radius 1 is 1.05 bits per heavy atom. The number of unbranched alkanes of at least 4 members (excludes halogenated alkanes) is 4. The van der Waals surface area contributed by atoms with Gasteiger partial charge in [-0.05, 0) is 18.9 Å². The largest absolute Gasteiger partial charge is 0.460 e. The van der Waals surface area contributed by atoms with E-state index in [9.17, 15) is 9.59 Å². The number of ether oxygens (including phenoxy) is 1. The maximum Gasteiger partial charge on any atom is 0.316 e. The third-order valence-corrected chi connectivity index (χ3v) is 3.60. The highest BCUT2D eigenvalue weighted by Gasteiger charge is 2.24.